The van der Waals surface area contributed by atoms with Gasteiger partial charge in [-0.3, -0.25) is 4.79 Å². The topological polar surface area (TPSA) is 41.1 Å². The lowest BCUT2D eigenvalue weighted by Gasteiger charge is -2.23. The SMILES string of the molecule is CC(=O)NCc1ccc(F)c(C2CCNCC2)c1. The minimum Gasteiger partial charge on any atom is -0.352 e. The van der Waals surface area contributed by atoms with Crippen LogP contribution >= 0.6 is 0 Å². The van der Waals surface area contributed by atoms with Crippen LogP contribution in [0.1, 0.15) is 36.8 Å². The van der Waals surface area contributed by atoms with Gasteiger partial charge in [0.25, 0.3) is 0 Å². The van der Waals surface area contributed by atoms with Crippen LogP contribution in [-0.2, 0) is 11.3 Å². The number of hydrogen-bond donors (Lipinski definition) is 2. The number of rotatable bonds is 3. The van der Waals surface area contributed by atoms with Crippen molar-refractivity contribution in [1.82, 2.24) is 10.6 Å². The van der Waals surface area contributed by atoms with Gasteiger partial charge in [-0.15, -0.1) is 0 Å². The van der Waals surface area contributed by atoms with Crippen LogP contribution in [-0.4, -0.2) is 19.0 Å². The van der Waals surface area contributed by atoms with E-state index in [1.54, 1.807) is 6.07 Å². The molecule has 1 aromatic carbocycles. The van der Waals surface area contributed by atoms with E-state index in [0.29, 0.717) is 12.5 Å². The summed E-state index contributed by atoms with van der Waals surface area (Å²) in [6, 6.07) is 5.13. The molecule has 0 saturated carbocycles. The first-order chi connectivity index (χ1) is 8.66. The van der Waals surface area contributed by atoms with E-state index in [-0.39, 0.29) is 11.7 Å². The summed E-state index contributed by atoms with van der Waals surface area (Å²) in [5.74, 6) is 0.0970. The molecule has 98 valence electrons. The van der Waals surface area contributed by atoms with E-state index < -0.39 is 0 Å². The summed E-state index contributed by atoms with van der Waals surface area (Å²) in [6.45, 7) is 3.84. The van der Waals surface area contributed by atoms with E-state index in [0.717, 1.165) is 37.1 Å². The number of nitrogens with one attached hydrogen (secondary N) is 2. The molecule has 1 aliphatic heterocycles. The first-order valence-electron chi connectivity index (χ1n) is 6.40. The summed E-state index contributed by atoms with van der Waals surface area (Å²) in [4.78, 5) is 10.9. The molecule has 2 N–H and O–H groups in total. The molecule has 0 unspecified atom stereocenters. The molecule has 1 amide bonds. The summed E-state index contributed by atoms with van der Waals surface area (Å²) >= 11 is 0. The van der Waals surface area contributed by atoms with Crippen molar-refractivity contribution in [3.8, 4) is 0 Å². The molecule has 1 fully saturated rings. The average molecular weight is 250 g/mol. The summed E-state index contributed by atoms with van der Waals surface area (Å²) in [7, 11) is 0. The first kappa shape index (κ1) is 13.0. The van der Waals surface area contributed by atoms with E-state index in [4.69, 9.17) is 0 Å². The first-order valence-corrected chi connectivity index (χ1v) is 6.40. The van der Waals surface area contributed by atoms with Crippen molar-refractivity contribution in [3.63, 3.8) is 0 Å². The van der Waals surface area contributed by atoms with Crippen LogP contribution in [0, 0.1) is 5.82 Å². The maximum Gasteiger partial charge on any atom is 0.217 e. The third kappa shape index (κ3) is 3.29. The van der Waals surface area contributed by atoms with Gasteiger partial charge in [0.15, 0.2) is 0 Å². The number of hydrogen-bond acceptors (Lipinski definition) is 2. The Balaban J connectivity index is 2.12. The van der Waals surface area contributed by atoms with Gasteiger partial charge in [-0.05, 0) is 49.0 Å². The molecule has 1 aliphatic rings. The van der Waals surface area contributed by atoms with Crippen LogP contribution in [0.5, 0.6) is 0 Å². The molecule has 18 heavy (non-hydrogen) atoms. The molecule has 0 radical (unpaired) electrons. The van der Waals surface area contributed by atoms with Crippen molar-refractivity contribution in [1.29, 1.82) is 0 Å². The average Bonchev–Trinajstić information content (AvgIpc) is 2.38. The molecule has 0 spiro atoms. The number of piperidine rings is 1. The maximum absolute atomic E-state index is 13.8. The van der Waals surface area contributed by atoms with Crippen LogP contribution in [0.4, 0.5) is 4.39 Å². The highest BCUT2D eigenvalue weighted by atomic mass is 19.1. The predicted molar refractivity (Wildman–Crippen MR) is 68.8 cm³/mol. The molecule has 0 aromatic heterocycles. The third-order valence-electron chi connectivity index (χ3n) is 3.38. The van der Waals surface area contributed by atoms with Gasteiger partial charge in [0.2, 0.25) is 5.91 Å². The smallest absolute Gasteiger partial charge is 0.217 e. The molecule has 2 rings (SSSR count). The van der Waals surface area contributed by atoms with Crippen LogP contribution in [0.2, 0.25) is 0 Å². The molecule has 0 atom stereocenters. The maximum atomic E-state index is 13.8. The van der Waals surface area contributed by atoms with Gasteiger partial charge in [-0.25, -0.2) is 4.39 Å². The van der Waals surface area contributed by atoms with Gasteiger partial charge in [0, 0.05) is 13.5 Å². The van der Waals surface area contributed by atoms with E-state index >= 15 is 0 Å². The lowest BCUT2D eigenvalue weighted by Crippen LogP contribution is -2.27. The number of benzene rings is 1. The van der Waals surface area contributed by atoms with Crippen LogP contribution in [0.3, 0.4) is 0 Å². The number of amides is 1. The van der Waals surface area contributed by atoms with E-state index in [1.165, 1.54) is 13.0 Å². The standard InChI is InChI=1S/C14H19FN2O/c1-10(18)17-9-11-2-3-14(15)13(8-11)12-4-6-16-7-5-12/h2-3,8,12,16H,4-7,9H2,1H3,(H,17,18). The highest BCUT2D eigenvalue weighted by Crippen LogP contribution is 2.28. The summed E-state index contributed by atoms with van der Waals surface area (Å²) in [5, 5.41) is 6.02. The lowest BCUT2D eigenvalue weighted by molar-refractivity contribution is -0.119. The molecule has 1 aromatic rings. The number of carbonyl (C=O) groups excluding carboxylic acids is 1. The fourth-order valence-electron chi connectivity index (χ4n) is 2.38. The Hall–Kier alpha value is -1.42. The van der Waals surface area contributed by atoms with Crippen molar-refractivity contribution in [3.05, 3.63) is 35.1 Å². The Morgan fingerprint density at radius 3 is 2.83 bits per heavy atom. The molecule has 4 heteroatoms. The predicted octanol–water partition coefficient (Wildman–Crippen LogP) is 1.93. The molecule has 3 nitrogen and oxygen atoms in total. The van der Waals surface area contributed by atoms with Gasteiger partial charge in [0.05, 0.1) is 0 Å². The Morgan fingerprint density at radius 1 is 1.44 bits per heavy atom. The fraction of sp³-hybridized carbons (Fsp3) is 0.500. The molecule has 0 aliphatic carbocycles. The summed E-state index contributed by atoms with van der Waals surface area (Å²) in [5.41, 5.74) is 1.75. The van der Waals surface area contributed by atoms with Crippen molar-refractivity contribution < 1.29 is 9.18 Å². The van der Waals surface area contributed by atoms with Gasteiger partial charge in [-0.1, -0.05) is 12.1 Å². The second-order valence-electron chi connectivity index (χ2n) is 4.79. The molecule has 1 heterocycles. The Kier molecular flexibility index (Phi) is 4.31. The zero-order chi connectivity index (χ0) is 13.0. The van der Waals surface area contributed by atoms with Gasteiger partial charge >= 0.3 is 0 Å². The zero-order valence-electron chi connectivity index (χ0n) is 10.6. The van der Waals surface area contributed by atoms with Crippen LogP contribution in [0.25, 0.3) is 0 Å². The lowest BCUT2D eigenvalue weighted by atomic mass is 9.89. The highest BCUT2D eigenvalue weighted by molar-refractivity contribution is 5.72. The van der Waals surface area contributed by atoms with Gasteiger partial charge in [-0.2, -0.15) is 0 Å². The normalized spacial score (nSPS) is 16.6. The largest absolute Gasteiger partial charge is 0.352 e. The second kappa shape index (κ2) is 5.96. The second-order valence-corrected chi connectivity index (χ2v) is 4.79. The third-order valence-corrected chi connectivity index (χ3v) is 3.38. The monoisotopic (exact) mass is 250 g/mol. The van der Waals surface area contributed by atoms with E-state index in [1.807, 2.05) is 6.07 Å². The molecular weight excluding hydrogens is 231 g/mol. The minimum absolute atomic E-state index is 0.0669. The highest BCUT2D eigenvalue weighted by Gasteiger charge is 2.18. The number of halogens is 1. The van der Waals surface area contributed by atoms with E-state index in [9.17, 15) is 9.18 Å². The zero-order valence-corrected chi connectivity index (χ0v) is 10.6. The summed E-state index contributed by atoms with van der Waals surface area (Å²) < 4.78 is 13.8. The Bertz CT molecular complexity index is 428. The quantitative estimate of drug-likeness (QED) is 0.860. The number of carbonyl (C=O) groups is 1. The minimum atomic E-state index is -0.131. The van der Waals surface area contributed by atoms with E-state index in [2.05, 4.69) is 10.6 Å². The van der Waals surface area contributed by atoms with Crippen molar-refractivity contribution in [2.75, 3.05) is 13.1 Å². The van der Waals surface area contributed by atoms with Crippen molar-refractivity contribution >= 4 is 5.91 Å². The van der Waals surface area contributed by atoms with Crippen molar-refractivity contribution in [2.45, 2.75) is 32.2 Å². The summed E-state index contributed by atoms with van der Waals surface area (Å²) in [6.07, 6.45) is 1.95. The molecular formula is C14H19FN2O. The van der Waals surface area contributed by atoms with Crippen molar-refractivity contribution in [2.24, 2.45) is 0 Å². The molecule has 0 bridgehead atoms. The van der Waals surface area contributed by atoms with Gasteiger partial charge in [0.1, 0.15) is 5.82 Å². The fourth-order valence-corrected chi connectivity index (χ4v) is 2.38. The van der Waals surface area contributed by atoms with Crippen LogP contribution < -0.4 is 10.6 Å². The Morgan fingerprint density at radius 2 is 2.17 bits per heavy atom. The van der Waals surface area contributed by atoms with Crippen LogP contribution in [0.15, 0.2) is 18.2 Å². The Labute approximate surface area is 107 Å². The van der Waals surface area contributed by atoms with Gasteiger partial charge < -0.3 is 10.6 Å². The molecule has 1 saturated heterocycles.